The van der Waals surface area contributed by atoms with E-state index in [9.17, 15) is 9.18 Å². The maximum absolute atomic E-state index is 14.1. The van der Waals surface area contributed by atoms with Gasteiger partial charge in [0.2, 0.25) is 0 Å². The van der Waals surface area contributed by atoms with Gasteiger partial charge in [-0.2, -0.15) is 0 Å². The Labute approximate surface area is 181 Å². The van der Waals surface area contributed by atoms with Crippen LogP contribution in [0.15, 0.2) is 30.3 Å². The summed E-state index contributed by atoms with van der Waals surface area (Å²) < 4.78 is 19.6. The predicted molar refractivity (Wildman–Crippen MR) is 116 cm³/mol. The first-order valence-corrected chi connectivity index (χ1v) is 10.6. The van der Waals surface area contributed by atoms with Crippen molar-refractivity contribution in [2.75, 3.05) is 31.2 Å². The molecule has 0 atom stereocenters. The summed E-state index contributed by atoms with van der Waals surface area (Å²) in [6.07, 6.45) is 0.831. The van der Waals surface area contributed by atoms with Gasteiger partial charge < -0.3 is 14.5 Å². The number of carbonyl (C=O) groups excluding carboxylic acids is 1. The van der Waals surface area contributed by atoms with E-state index in [0.29, 0.717) is 25.5 Å². The molecule has 2 aliphatic heterocycles. The first-order valence-electron chi connectivity index (χ1n) is 10.2. The van der Waals surface area contributed by atoms with E-state index >= 15 is 0 Å². The van der Waals surface area contributed by atoms with E-state index < -0.39 is 5.82 Å². The number of pyridine rings is 1. The number of fused-ring (bicyclic) bond motifs is 1. The van der Waals surface area contributed by atoms with Gasteiger partial charge in [0, 0.05) is 24.2 Å². The quantitative estimate of drug-likeness (QED) is 0.675. The normalized spacial score (nSPS) is 20.1. The zero-order valence-corrected chi connectivity index (χ0v) is 18.6. The van der Waals surface area contributed by atoms with Crippen LogP contribution in [-0.2, 0) is 10.2 Å². The van der Waals surface area contributed by atoms with Gasteiger partial charge in [0.25, 0.3) is 5.91 Å². The summed E-state index contributed by atoms with van der Waals surface area (Å²) in [6.45, 7) is 10.6. The topological polar surface area (TPSA) is 45.7 Å². The lowest BCUT2D eigenvalue weighted by Gasteiger charge is -2.42. The lowest BCUT2D eigenvalue weighted by atomic mass is 9.80. The van der Waals surface area contributed by atoms with E-state index in [4.69, 9.17) is 21.3 Å². The molecule has 0 aliphatic carbocycles. The van der Waals surface area contributed by atoms with E-state index in [1.165, 1.54) is 6.07 Å². The van der Waals surface area contributed by atoms with Crippen molar-refractivity contribution in [2.45, 2.75) is 45.1 Å². The fraction of sp³-hybridized carbons (Fsp3) is 0.478. The summed E-state index contributed by atoms with van der Waals surface area (Å²) in [5.74, 6) is -0.536. The number of carbonyl (C=O) groups is 1. The van der Waals surface area contributed by atoms with Crippen LogP contribution < -0.4 is 4.90 Å². The molecule has 4 rings (SSSR count). The van der Waals surface area contributed by atoms with Crippen molar-refractivity contribution in [1.29, 1.82) is 0 Å². The summed E-state index contributed by atoms with van der Waals surface area (Å²) in [5.41, 5.74) is 2.32. The van der Waals surface area contributed by atoms with E-state index in [2.05, 4.69) is 13.8 Å². The molecule has 1 saturated heterocycles. The lowest BCUT2D eigenvalue weighted by molar-refractivity contribution is -0.0373. The molecule has 1 fully saturated rings. The fourth-order valence-corrected chi connectivity index (χ4v) is 4.33. The predicted octanol–water partition coefficient (Wildman–Crippen LogP) is 4.94. The molecule has 160 valence electrons. The number of nitrogens with zero attached hydrogens (tertiary/aromatic N) is 3. The Bertz CT molecular complexity index is 992. The average Bonchev–Trinajstić information content (AvgIpc) is 2.69. The van der Waals surface area contributed by atoms with Gasteiger partial charge in [0.15, 0.2) is 0 Å². The molecule has 2 aliphatic rings. The molecule has 1 amide bonds. The van der Waals surface area contributed by atoms with Crippen LogP contribution in [0.3, 0.4) is 0 Å². The highest BCUT2D eigenvalue weighted by molar-refractivity contribution is 6.30. The Kier molecular flexibility index (Phi) is 5.27. The van der Waals surface area contributed by atoms with Gasteiger partial charge >= 0.3 is 0 Å². The Hall–Kier alpha value is -2.18. The summed E-state index contributed by atoms with van der Waals surface area (Å²) in [4.78, 5) is 22.0. The highest BCUT2D eigenvalue weighted by atomic mass is 35.5. The van der Waals surface area contributed by atoms with E-state index in [-0.39, 0.29) is 21.9 Å². The minimum Gasteiger partial charge on any atom is -0.377 e. The number of hydrogen-bond donors (Lipinski definition) is 0. The van der Waals surface area contributed by atoms with Crippen LogP contribution in [0.4, 0.5) is 15.8 Å². The molecule has 2 aromatic rings. The molecule has 0 N–H and O–H groups in total. The summed E-state index contributed by atoms with van der Waals surface area (Å²) >= 11 is 5.86. The van der Waals surface area contributed by atoms with Crippen molar-refractivity contribution >= 4 is 28.9 Å². The highest BCUT2D eigenvalue weighted by Gasteiger charge is 2.38. The summed E-state index contributed by atoms with van der Waals surface area (Å²) in [5, 5.41) is 0.100. The van der Waals surface area contributed by atoms with Crippen LogP contribution in [-0.4, -0.2) is 47.6 Å². The second-order valence-corrected chi connectivity index (χ2v) is 9.68. The number of halogens is 2. The van der Waals surface area contributed by atoms with Crippen molar-refractivity contribution in [3.63, 3.8) is 0 Å². The minimum atomic E-state index is -0.449. The fourth-order valence-electron chi connectivity index (χ4n) is 4.21. The number of anilines is 2. The number of amides is 1. The third-order valence-electron chi connectivity index (χ3n) is 6.09. The molecule has 0 bridgehead atoms. The minimum absolute atomic E-state index is 0.0865. The molecule has 0 radical (unpaired) electrons. The maximum Gasteiger partial charge on any atom is 0.273 e. The molecule has 0 saturated carbocycles. The maximum atomic E-state index is 14.1. The summed E-state index contributed by atoms with van der Waals surface area (Å²) in [6, 6.07) is 8.52. The number of rotatable bonds is 2. The van der Waals surface area contributed by atoms with Crippen molar-refractivity contribution in [3.8, 4) is 0 Å². The smallest absolute Gasteiger partial charge is 0.273 e. The molecular formula is C23H27ClFN3O2. The third kappa shape index (κ3) is 3.67. The van der Waals surface area contributed by atoms with E-state index in [0.717, 1.165) is 30.0 Å². The molecule has 7 heteroatoms. The number of aromatic nitrogens is 1. The monoisotopic (exact) mass is 431 g/mol. The number of hydrogen-bond acceptors (Lipinski definition) is 4. The Morgan fingerprint density at radius 2 is 1.93 bits per heavy atom. The van der Waals surface area contributed by atoms with Crippen LogP contribution in [0.25, 0.3) is 0 Å². The van der Waals surface area contributed by atoms with Gasteiger partial charge in [0.1, 0.15) is 11.5 Å². The molecular weight excluding hydrogens is 405 g/mol. The average molecular weight is 432 g/mol. The van der Waals surface area contributed by atoms with E-state index in [1.54, 1.807) is 12.1 Å². The van der Waals surface area contributed by atoms with Gasteiger partial charge in [-0.25, -0.2) is 9.37 Å². The number of benzene rings is 1. The molecule has 0 spiro atoms. The largest absolute Gasteiger partial charge is 0.377 e. The number of ether oxygens (including phenoxy) is 1. The number of morpholine rings is 1. The molecule has 1 aromatic carbocycles. The second kappa shape index (κ2) is 7.50. The van der Waals surface area contributed by atoms with Crippen LogP contribution in [0.1, 0.15) is 50.3 Å². The van der Waals surface area contributed by atoms with Crippen molar-refractivity contribution in [3.05, 3.63) is 52.6 Å². The zero-order valence-electron chi connectivity index (χ0n) is 17.8. The highest BCUT2D eigenvalue weighted by Crippen LogP contribution is 2.42. The first kappa shape index (κ1) is 21.1. The standard InChI is InChI=1S/C23H27ClFN3O2/c1-22(2)9-10-27(15-5-6-16(24)17(25)13-15)19-8-7-18(26-20(19)22)21(29)28-11-12-30-14-23(28,3)4/h5-8,13H,9-12,14H2,1-4H3. The Morgan fingerprint density at radius 1 is 1.17 bits per heavy atom. The Balaban J connectivity index is 1.73. The SMILES string of the molecule is CC1(C)CCN(c2ccc(Cl)c(F)c2)c2ccc(C(=O)N3CCOCC3(C)C)nc21. The molecule has 0 unspecified atom stereocenters. The first-order chi connectivity index (χ1) is 14.1. The lowest BCUT2D eigenvalue weighted by Crippen LogP contribution is -2.55. The van der Waals surface area contributed by atoms with Gasteiger partial charge in [-0.05, 0) is 50.6 Å². The van der Waals surface area contributed by atoms with Gasteiger partial charge in [-0.1, -0.05) is 25.4 Å². The van der Waals surface area contributed by atoms with Crippen LogP contribution >= 0.6 is 11.6 Å². The van der Waals surface area contributed by atoms with Crippen molar-refractivity contribution in [2.24, 2.45) is 0 Å². The molecule has 1 aromatic heterocycles. The van der Waals surface area contributed by atoms with E-state index in [1.807, 2.05) is 35.8 Å². The van der Waals surface area contributed by atoms with Gasteiger partial charge in [-0.3, -0.25) is 4.79 Å². The Morgan fingerprint density at radius 3 is 2.63 bits per heavy atom. The summed E-state index contributed by atoms with van der Waals surface area (Å²) in [7, 11) is 0. The van der Waals surface area contributed by atoms with Crippen LogP contribution in [0.5, 0.6) is 0 Å². The third-order valence-corrected chi connectivity index (χ3v) is 6.40. The van der Waals surface area contributed by atoms with Crippen LogP contribution in [0, 0.1) is 5.82 Å². The van der Waals surface area contributed by atoms with Crippen molar-refractivity contribution in [1.82, 2.24) is 9.88 Å². The molecule has 3 heterocycles. The second-order valence-electron chi connectivity index (χ2n) is 9.27. The zero-order chi connectivity index (χ0) is 21.7. The molecule has 30 heavy (non-hydrogen) atoms. The van der Waals surface area contributed by atoms with Gasteiger partial charge in [-0.15, -0.1) is 0 Å². The molecule has 5 nitrogen and oxygen atoms in total. The van der Waals surface area contributed by atoms with Gasteiger partial charge in [0.05, 0.1) is 35.2 Å². The van der Waals surface area contributed by atoms with Crippen LogP contribution in [0.2, 0.25) is 5.02 Å². The van der Waals surface area contributed by atoms with Crippen molar-refractivity contribution < 1.29 is 13.9 Å².